The molecule has 0 radical (unpaired) electrons. The van der Waals surface area contributed by atoms with Crippen molar-refractivity contribution in [2.45, 2.75) is 19.4 Å². The van der Waals surface area contributed by atoms with E-state index < -0.39 is 0 Å². The summed E-state index contributed by atoms with van der Waals surface area (Å²) >= 11 is 1.32. The molecule has 0 aliphatic rings. The Morgan fingerprint density at radius 1 is 1.88 bits per heavy atom. The van der Waals surface area contributed by atoms with Crippen molar-refractivity contribution in [1.29, 1.82) is 0 Å². The molecule has 0 rings (SSSR count). The van der Waals surface area contributed by atoms with E-state index in [1.807, 2.05) is 13.2 Å². The summed E-state index contributed by atoms with van der Waals surface area (Å²) in [4.78, 5) is 0. The Morgan fingerprint density at radius 3 is 2.62 bits per heavy atom. The van der Waals surface area contributed by atoms with Gasteiger partial charge in [0.25, 0.3) is 0 Å². The highest BCUT2D eigenvalue weighted by Gasteiger charge is 1.97. The average molecular weight is 130 g/mol. The summed E-state index contributed by atoms with van der Waals surface area (Å²) in [6.45, 7) is 2.00. The van der Waals surface area contributed by atoms with Crippen LogP contribution < -0.4 is 0 Å². The highest BCUT2D eigenvalue weighted by molar-refractivity contribution is 7.93. The lowest BCUT2D eigenvalue weighted by molar-refractivity contribution is 0.303. The molecule has 0 spiro atoms. The predicted octanol–water partition coefficient (Wildman–Crippen LogP) is 1.69. The second-order valence-corrected chi connectivity index (χ2v) is 1.85. The van der Waals surface area contributed by atoms with E-state index in [-0.39, 0.29) is 6.10 Å². The summed E-state index contributed by atoms with van der Waals surface area (Å²) in [5.41, 5.74) is 0. The molecule has 0 saturated carbocycles. The van der Waals surface area contributed by atoms with Crippen molar-refractivity contribution in [2.24, 2.45) is 0 Å². The van der Waals surface area contributed by atoms with Gasteiger partial charge in [0.1, 0.15) is 6.10 Å². The molecule has 0 aliphatic heterocycles. The Morgan fingerprint density at radius 2 is 2.50 bits per heavy atom. The quantitative estimate of drug-likeness (QED) is 0.424. The largest absolute Gasteiger partial charge is 0.300 e. The molecule has 0 aromatic heterocycles. The molecule has 0 aromatic rings. The highest BCUT2D eigenvalue weighted by Crippen LogP contribution is 2.04. The summed E-state index contributed by atoms with van der Waals surface area (Å²) in [6.07, 6.45) is 7.82. The minimum atomic E-state index is -0.00926. The lowest BCUT2D eigenvalue weighted by Gasteiger charge is -2.03. The van der Waals surface area contributed by atoms with Crippen molar-refractivity contribution < 1.29 is 4.18 Å². The van der Waals surface area contributed by atoms with Crippen LogP contribution >= 0.6 is 12.0 Å². The van der Waals surface area contributed by atoms with Crippen LogP contribution in [0.25, 0.3) is 0 Å². The van der Waals surface area contributed by atoms with Gasteiger partial charge >= 0.3 is 0 Å². The molecule has 46 valence electrons. The Kier molecular flexibility index (Phi) is 4.93. The third-order valence-corrected chi connectivity index (χ3v) is 1.19. The number of hydrogen-bond acceptors (Lipinski definition) is 2. The molecule has 8 heavy (non-hydrogen) atoms. The van der Waals surface area contributed by atoms with E-state index in [1.165, 1.54) is 12.0 Å². The van der Waals surface area contributed by atoms with E-state index in [0.29, 0.717) is 0 Å². The van der Waals surface area contributed by atoms with Crippen molar-refractivity contribution in [3.8, 4) is 12.3 Å². The zero-order chi connectivity index (χ0) is 6.41. The van der Waals surface area contributed by atoms with E-state index in [4.69, 9.17) is 10.6 Å². The molecule has 1 nitrogen and oxygen atoms in total. The minimum Gasteiger partial charge on any atom is -0.300 e. The van der Waals surface area contributed by atoms with Gasteiger partial charge in [0, 0.05) is 6.26 Å². The minimum absolute atomic E-state index is 0.00926. The smallest absolute Gasteiger partial charge is 0.132 e. The molecule has 0 heterocycles. The van der Waals surface area contributed by atoms with Gasteiger partial charge in [-0.05, 0) is 18.5 Å². The first kappa shape index (κ1) is 7.87. The summed E-state index contributed by atoms with van der Waals surface area (Å²) in [7, 11) is 0. The first-order valence-corrected chi connectivity index (χ1v) is 3.65. The molecule has 1 unspecified atom stereocenters. The fraction of sp³-hybridized carbons (Fsp3) is 0.667. The molecule has 0 bridgehead atoms. The van der Waals surface area contributed by atoms with Crippen molar-refractivity contribution in [3.63, 3.8) is 0 Å². The molecule has 0 aliphatic carbocycles. The maximum absolute atomic E-state index is 5.08. The van der Waals surface area contributed by atoms with Gasteiger partial charge in [0.15, 0.2) is 0 Å². The van der Waals surface area contributed by atoms with E-state index in [0.717, 1.165) is 6.42 Å². The summed E-state index contributed by atoms with van der Waals surface area (Å²) in [5, 5.41) is 0. The Bertz CT molecular complexity index is 85.0. The Hall–Kier alpha value is -0.130. The van der Waals surface area contributed by atoms with E-state index >= 15 is 0 Å². The van der Waals surface area contributed by atoms with Crippen LogP contribution in [0, 0.1) is 12.3 Å². The van der Waals surface area contributed by atoms with Crippen LogP contribution in [0.1, 0.15) is 13.3 Å². The lowest BCUT2D eigenvalue weighted by atomic mass is 10.3. The molecular formula is C6H10OS. The average Bonchev–Trinajstić information content (AvgIpc) is 1.83. The second-order valence-electron chi connectivity index (χ2n) is 1.33. The van der Waals surface area contributed by atoms with Gasteiger partial charge in [-0.15, -0.1) is 6.42 Å². The SMILES string of the molecule is C#CC(CC)OSC. The molecule has 2 heteroatoms. The summed E-state index contributed by atoms with van der Waals surface area (Å²) in [6, 6.07) is 0. The molecule has 0 aromatic carbocycles. The number of terminal acetylenes is 1. The molecule has 0 saturated heterocycles. The van der Waals surface area contributed by atoms with E-state index in [9.17, 15) is 0 Å². The van der Waals surface area contributed by atoms with Gasteiger partial charge in [0.2, 0.25) is 0 Å². The topological polar surface area (TPSA) is 9.23 Å². The first-order valence-electron chi connectivity index (χ1n) is 2.50. The maximum Gasteiger partial charge on any atom is 0.132 e. The Balaban J connectivity index is 3.26. The molecule has 0 N–H and O–H groups in total. The zero-order valence-corrected chi connectivity index (χ0v) is 5.99. The van der Waals surface area contributed by atoms with E-state index in [1.54, 1.807) is 0 Å². The maximum atomic E-state index is 5.08. The van der Waals surface area contributed by atoms with Crippen LogP contribution in [0.5, 0.6) is 0 Å². The van der Waals surface area contributed by atoms with Gasteiger partial charge in [-0.2, -0.15) is 0 Å². The normalized spacial score (nSPS) is 12.6. The lowest BCUT2D eigenvalue weighted by Crippen LogP contribution is -2.01. The van der Waals surface area contributed by atoms with Crippen LogP contribution in [0.3, 0.4) is 0 Å². The van der Waals surface area contributed by atoms with E-state index in [2.05, 4.69) is 5.92 Å². The molecule has 0 amide bonds. The van der Waals surface area contributed by atoms with Crippen LogP contribution in [0.4, 0.5) is 0 Å². The monoisotopic (exact) mass is 130 g/mol. The number of hydrogen-bond donors (Lipinski definition) is 0. The van der Waals surface area contributed by atoms with Crippen molar-refractivity contribution in [3.05, 3.63) is 0 Å². The zero-order valence-electron chi connectivity index (χ0n) is 5.18. The van der Waals surface area contributed by atoms with Crippen molar-refractivity contribution >= 4 is 12.0 Å². The van der Waals surface area contributed by atoms with Crippen LogP contribution in [0.2, 0.25) is 0 Å². The fourth-order valence-electron chi connectivity index (χ4n) is 0.330. The van der Waals surface area contributed by atoms with Gasteiger partial charge in [0.05, 0.1) is 0 Å². The summed E-state index contributed by atoms with van der Waals surface area (Å²) < 4.78 is 5.02. The fourth-order valence-corrected chi connectivity index (χ4v) is 0.754. The van der Waals surface area contributed by atoms with Crippen LogP contribution in [0.15, 0.2) is 0 Å². The van der Waals surface area contributed by atoms with Crippen molar-refractivity contribution in [2.75, 3.05) is 6.26 Å². The first-order chi connectivity index (χ1) is 3.85. The van der Waals surface area contributed by atoms with Gasteiger partial charge in [-0.25, -0.2) is 0 Å². The molecule has 1 atom stereocenters. The van der Waals surface area contributed by atoms with Crippen LogP contribution in [-0.2, 0) is 4.18 Å². The second kappa shape index (κ2) is 5.02. The Labute approximate surface area is 55.0 Å². The molecular weight excluding hydrogens is 120 g/mol. The number of rotatable bonds is 3. The summed E-state index contributed by atoms with van der Waals surface area (Å²) in [5.74, 6) is 2.51. The molecule has 0 fully saturated rings. The van der Waals surface area contributed by atoms with Gasteiger partial charge < -0.3 is 0 Å². The standard InChI is InChI=1S/C6H10OS/c1-4-6(5-2)7-8-3/h1,6H,5H2,2-3H3. The van der Waals surface area contributed by atoms with Crippen molar-refractivity contribution in [1.82, 2.24) is 0 Å². The third kappa shape index (κ3) is 2.95. The highest BCUT2D eigenvalue weighted by atomic mass is 32.2. The third-order valence-electron chi connectivity index (χ3n) is 0.769. The predicted molar refractivity (Wildman–Crippen MR) is 37.5 cm³/mol. The van der Waals surface area contributed by atoms with Crippen LogP contribution in [-0.4, -0.2) is 12.4 Å². The van der Waals surface area contributed by atoms with Gasteiger partial charge in [-0.3, -0.25) is 4.18 Å². The van der Waals surface area contributed by atoms with Gasteiger partial charge in [-0.1, -0.05) is 12.8 Å².